The van der Waals surface area contributed by atoms with Gasteiger partial charge in [-0.05, 0) is 55.0 Å². The van der Waals surface area contributed by atoms with Crippen molar-refractivity contribution in [3.63, 3.8) is 0 Å². The Labute approximate surface area is 204 Å². The number of nitrogens with zero attached hydrogens (tertiary/aromatic N) is 2. The lowest BCUT2D eigenvalue weighted by Crippen LogP contribution is -2.55. The summed E-state index contributed by atoms with van der Waals surface area (Å²) in [6.45, 7) is -0.179. The second kappa shape index (κ2) is 9.55. The molecule has 1 fully saturated rings. The summed E-state index contributed by atoms with van der Waals surface area (Å²) in [7, 11) is -3.78. The lowest BCUT2D eigenvalue weighted by Gasteiger charge is -2.38. The van der Waals surface area contributed by atoms with Crippen molar-refractivity contribution in [1.29, 1.82) is 0 Å². The summed E-state index contributed by atoms with van der Waals surface area (Å²) in [5.74, 6) is -1.41. The van der Waals surface area contributed by atoms with Gasteiger partial charge in [-0.2, -0.15) is 13.2 Å². The fourth-order valence-corrected chi connectivity index (χ4v) is 5.56. The first-order valence-electron chi connectivity index (χ1n) is 10.9. The molecule has 1 aromatic heterocycles. The number of sulfonamides is 1. The number of piperidine rings is 1. The van der Waals surface area contributed by atoms with Crippen molar-refractivity contribution >= 4 is 33.2 Å². The highest BCUT2D eigenvalue weighted by Gasteiger charge is 2.49. The van der Waals surface area contributed by atoms with Crippen LogP contribution in [-0.2, 0) is 27.7 Å². The molecule has 1 amide bonds. The zero-order valence-corrected chi connectivity index (χ0v) is 20.1. The van der Waals surface area contributed by atoms with Crippen molar-refractivity contribution in [3.8, 4) is 0 Å². The standard InChI is InChI=1S/C22H23ClF4N4O3S/c1-35(33,34)30-18-3-2-8-31(21(18)32)20(22(25,26)27)17-7-5-13(11-28-17)29-14-9-12-4-6-16(23)19(24)15(12)10-14/h4-7,11,14,18,20,29-30H,2-3,8-10H2,1H3/t14?,18-,20?/m0/s1. The Kier molecular flexibility index (Phi) is 7.00. The maximum Gasteiger partial charge on any atom is 0.414 e. The summed E-state index contributed by atoms with van der Waals surface area (Å²) in [6.07, 6.45) is -1.54. The molecule has 0 saturated carbocycles. The van der Waals surface area contributed by atoms with Crippen LogP contribution in [0.2, 0.25) is 5.02 Å². The molecule has 0 spiro atoms. The van der Waals surface area contributed by atoms with E-state index in [1.807, 2.05) is 0 Å². The topological polar surface area (TPSA) is 91.4 Å². The number of fused-ring (bicyclic) bond motifs is 1. The number of anilines is 1. The van der Waals surface area contributed by atoms with E-state index in [0.717, 1.165) is 11.8 Å². The number of rotatable bonds is 6. The molecule has 2 N–H and O–H groups in total. The average Bonchev–Trinajstić information content (AvgIpc) is 3.16. The van der Waals surface area contributed by atoms with E-state index in [0.29, 0.717) is 29.0 Å². The lowest BCUT2D eigenvalue weighted by atomic mass is 10.0. The van der Waals surface area contributed by atoms with Crippen LogP contribution in [0, 0.1) is 5.82 Å². The molecule has 1 aliphatic carbocycles. The Hall–Kier alpha value is -2.44. The van der Waals surface area contributed by atoms with Gasteiger partial charge in [0.15, 0.2) is 6.04 Å². The first-order chi connectivity index (χ1) is 16.3. The van der Waals surface area contributed by atoms with Crippen LogP contribution in [0.15, 0.2) is 30.5 Å². The molecule has 2 aliphatic rings. The molecule has 1 aliphatic heterocycles. The molecule has 0 radical (unpaired) electrons. The van der Waals surface area contributed by atoms with Gasteiger partial charge in [-0.25, -0.2) is 17.5 Å². The number of pyridine rings is 1. The molecular weight excluding hydrogens is 512 g/mol. The van der Waals surface area contributed by atoms with E-state index < -0.39 is 40.0 Å². The molecule has 7 nitrogen and oxygen atoms in total. The quantitative estimate of drug-likeness (QED) is 0.553. The number of carbonyl (C=O) groups is 1. The Morgan fingerprint density at radius 3 is 2.57 bits per heavy atom. The summed E-state index contributed by atoms with van der Waals surface area (Å²) in [5, 5.41) is 3.19. The number of amides is 1. The molecule has 0 bridgehead atoms. The number of hydrogen-bond donors (Lipinski definition) is 2. The van der Waals surface area contributed by atoms with Crippen LogP contribution in [-0.4, -0.2) is 55.3 Å². The minimum Gasteiger partial charge on any atom is -0.380 e. The van der Waals surface area contributed by atoms with E-state index in [2.05, 4.69) is 15.0 Å². The second-order valence-corrected chi connectivity index (χ2v) is 11.0. The largest absolute Gasteiger partial charge is 0.414 e. The third-order valence-electron chi connectivity index (χ3n) is 6.10. The van der Waals surface area contributed by atoms with Crippen LogP contribution in [0.3, 0.4) is 0 Å². The van der Waals surface area contributed by atoms with Gasteiger partial charge in [0.25, 0.3) is 0 Å². The Bertz CT molecular complexity index is 1220. The second-order valence-electron chi connectivity index (χ2n) is 8.78. The molecule has 2 aromatic rings. The zero-order chi connectivity index (χ0) is 25.5. The van der Waals surface area contributed by atoms with Crippen LogP contribution in [0.4, 0.5) is 23.2 Å². The van der Waals surface area contributed by atoms with E-state index in [1.54, 1.807) is 6.07 Å². The lowest BCUT2D eigenvalue weighted by molar-refractivity contribution is -0.196. The predicted octanol–water partition coefficient (Wildman–Crippen LogP) is 3.60. The average molecular weight is 535 g/mol. The number of hydrogen-bond acceptors (Lipinski definition) is 5. The van der Waals surface area contributed by atoms with E-state index in [-0.39, 0.29) is 36.1 Å². The highest BCUT2D eigenvalue weighted by Crippen LogP contribution is 2.39. The van der Waals surface area contributed by atoms with Gasteiger partial charge < -0.3 is 10.2 Å². The summed E-state index contributed by atoms with van der Waals surface area (Å²) < 4.78 is 81.5. The van der Waals surface area contributed by atoms with Crippen LogP contribution in [0.5, 0.6) is 0 Å². The monoisotopic (exact) mass is 534 g/mol. The minimum absolute atomic E-state index is 0.0369. The fourth-order valence-electron chi connectivity index (χ4n) is 4.65. The van der Waals surface area contributed by atoms with Crippen molar-refractivity contribution in [2.75, 3.05) is 18.1 Å². The Morgan fingerprint density at radius 1 is 1.20 bits per heavy atom. The molecule has 35 heavy (non-hydrogen) atoms. The van der Waals surface area contributed by atoms with Gasteiger partial charge in [0.05, 0.1) is 28.9 Å². The van der Waals surface area contributed by atoms with Crippen molar-refractivity contribution in [2.24, 2.45) is 0 Å². The normalized spacial score (nSPS) is 21.7. The van der Waals surface area contributed by atoms with Gasteiger partial charge in [-0.15, -0.1) is 0 Å². The number of carbonyl (C=O) groups excluding carboxylic acids is 1. The van der Waals surface area contributed by atoms with Crippen LogP contribution in [0.1, 0.15) is 35.7 Å². The zero-order valence-electron chi connectivity index (χ0n) is 18.6. The summed E-state index contributed by atoms with van der Waals surface area (Å²) in [4.78, 5) is 17.3. The van der Waals surface area contributed by atoms with E-state index in [1.165, 1.54) is 24.4 Å². The van der Waals surface area contributed by atoms with E-state index in [4.69, 9.17) is 11.6 Å². The molecule has 2 heterocycles. The van der Waals surface area contributed by atoms with Crippen molar-refractivity contribution in [2.45, 2.75) is 50.0 Å². The third kappa shape index (κ3) is 5.70. The highest BCUT2D eigenvalue weighted by atomic mass is 35.5. The van der Waals surface area contributed by atoms with Crippen molar-refractivity contribution in [1.82, 2.24) is 14.6 Å². The van der Waals surface area contributed by atoms with Gasteiger partial charge in [0, 0.05) is 12.6 Å². The van der Waals surface area contributed by atoms with Crippen LogP contribution in [0.25, 0.3) is 0 Å². The number of alkyl halides is 3. The van der Waals surface area contributed by atoms with Crippen molar-refractivity contribution in [3.05, 3.63) is 58.1 Å². The van der Waals surface area contributed by atoms with E-state index in [9.17, 15) is 30.8 Å². The minimum atomic E-state index is -4.82. The van der Waals surface area contributed by atoms with Crippen molar-refractivity contribution < 1.29 is 30.8 Å². The van der Waals surface area contributed by atoms with Crippen LogP contribution < -0.4 is 10.0 Å². The van der Waals surface area contributed by atoms with E-state index >= 15 is 0 Å². The summed E-state index contributed by atoms with van der Waals surface area (Å²) >= 11 is 5.84. The predicted molar refractivity (Wildman–Crippen MR) is 122 cm³/mol. The summed E-state index contributed by atoms with van der Waals surface area (Å²) in [5.41, 5.74) is 1.38. The molecule has 190 valence electrons. The molecule has 4 rings (SSSR count). The van der Waals surface area contributed by atoms with Gasteiger partial charge in [-0.3, -0.25) is 9.78 Å². The number of aromatic nitrogens is 1. The number of halogens is 5. The maximum atomic E-state index is 14.2. The van der Waals surface area contributed by atoms with Gasteiger partial charge in [-0.1, -0.05) is 17.7 Å². The third-order valence-corrected chi connectivity index (χ3v) is 7.10. The van der Waals surface area contributed by atoms with Crippen LogP contribution >= 0.6 is 11.6 Å². The maximum absolute atomic E-state index is 14.2. The first kappa shape index (κ1) is 25.6. The molecule has 1 aromatic carbocycles. The molecule has 13 heteroatoms. The Balaban J connectivity index is 1.51. The first-order valence-corrected chi connectivity index (χ1v) is 13.1. The number of nitrogens with one attached hydrogen (secondary N) is 2. The van der Waals surface area contributed by atoms with Gasteiger partial charge >= 0.3 is 6.18 Å². The smallest absolute Gasteiger partial charge is 0.380 e. The molecule has 1 saturated heterocycles. The molecular formula is C22H23ClF4N4O3S. The fraction of sp³-hybridized carbons (Fsp3) is 0.455. The summed E-state index contributed by atoms with van der Waals surface area (Å²) in [6, 6.07) is 2.08. The number of likely N-dealkylation sites (tertiary alicyclic amines) is 1. The Morgan fingerprint density at radius 2 is 1.94 bits per heavy atom. The van der Waals surface area contributed by atoms with Gasteiger partial charge in [0.1, 0.15) is 11.9 Å². The number of benzene rings is 1. The SMILES string of the molecule is CS(=O)(=O)N[C@H]1CCCN(C(c2ccc(NC3Cc4ccc(Cl)c(F)c4C3)cn2)C(F)(F)F)C1=O. The molecule has 2 unspecified atom stereocenters. The van der Waals surface area contributed by atoms with Gasteiger partial charge in [0.2, 0.25) is 15.9 Å². The highest BCUT2D eigenvalue weighted by molar-refractivity contribution is 7.88. The molecule has 3 atom stereocenters.